The van der Waals surface area contributed by atoms with E-state index in [2.05, 4.69) is 10.6 Å². The molecule has 0 radical (unpaired) electrons. The molecule has 4 N–H and O–H groups in total. The summed E-state index contributed by atoms with van der Waals surface area (Å²) in [5.74, 6) is -2.56. The second kappa shape index (κ2) is 13.2. The Hall–Kier alpha value is -3.55. The molecule has 7 nitrogen and oxygen atoms in total. The summed E-state index contributed by atoms with van der Waals surface area (Å²) in [4.78, 5) is 13.0. The first-order valence-electron chi connectivity index (χ1n) is 12.2. The minimum Gasteiger partial charge on any atom is -0.390 e. The zero-order chi connectivity index (χ0) is 29.5. The monoisotopic (exact) mass is 585 g/mol. The largest absolute Gasteiger partial charge is 0.516 e. The van der Waals surface area contributed by atoms with Gasteiger partial charge in [-0.2, -0.15) is 21.6 Å². The second-order valence-corrected chi connectivity index (χ2v) is 10.7. The van der Waals surface area contributed by atoms with Crippen molar-refractivity contribution >= 4 is 21.6 Å². The fraction of sp³-hybridized carbons (Fsp3) is 0.296. The highest BCUT2D eigenvalue weighted by molar-refractivity contribution is 7.93. The molecule has 13 heteroatoms. The molecule has 3 aromatic carbocycles. The van der Waals surface area contributed by atoms with Crippen molar-refractivity contribution in [3.8, 4) is 0 Å². The van der Waals surface area contributed by atoms with Gasteiger partial charge in [0.25, 0.3) is 5.91 Å². The van der Waals surface area contributed by atoms with Crippen LogP contribution in [0.2, 0.25) is 0 Å². The third kappa shape index (κ3) is 8.73. The maximum absolute atomic E-state index is 13.8. The molecular weight excluding hydrogens is 557 g/mol. The van der Waals surface area contributed by atoms with Crippen LogP contribution in [0.15, 0.2) is 66.7 Å². The van der Waals surface area contributed by atoms with Crippen molar-refractivity contribution in [1.29, 1.82) is 0 Å². The Morgan fingerprint density at radius 2 is 1.57 bits per heavy atom. The van der Waals surface area contributed by atoms with Crippen LogP contribution in [0, 0.1) is 11.6 Å². The van der Waals surface area contributed by atoms with E-state index in [1.54, 1.807) is 0 Å². The number of aliphatic hydroxyl groups is 1. The summed E-state index contributed by atoms with van der Waals surface area (Å²) in [6, 6.07) is 13.8. The summed E-state index contributed by atoms with van der Waals surface area (Å²) < 4.78 is 90.0. The van der Waals surface area contributed by atoms with E-state index >= 15 is 0 Å². The number of anilines is 1. The summed E-state index contributed by atoms with van der Waals surface area (Å²) in [6.07, 6.45) is -0.598. The molecule has 0 aliphatic rings. The van der Waals surface area contributed by atoms with Crippen LogP contribution in [0.25, 0.3) is 0 Å². The normalized spacial score (nSPS) is 13.5. The Kier molecular flexibility index (Phi) is 10.2. The van der Waals surface area contributed by atoms with Crippen LogP contribution in [-0.4, -0.2) is 43.6 Å². The quantitative estimate of drug-likeness (QED) is 0.238. The molecule has 0 spiro atoms. The van der Waals surface area contributed by atoms with Crippen LogP contribution in [0.3, 0.4) is 0 Å². The van der Waals surface area contributed by atoms with E-state index in [9.17, 15) is 40.3 Å². The number of sulfonamides is 1. The lowest BCUT2D eigenvalue weighted by atomic mass is 10.00. The first-order valence-corrected chi connectivity index (χ1v) is 13.7. The molecule has 3 aromatic rings. The summed E-state index contributed by atoms with van der Waals surface area (Å²) in [7, 11) is -5.72. The first-order chi connectivity index (χ1) is 18.8. The molecule has 0 saturated carbocycles. The number of benzene rings is 3. The van der Waals surface area contributed by atoms with Crippen LogP contribution in [-0.2, 0) is 29.4 Å². The molecule has 216 valence electrons. The molecule has 1 amide bonds. The third-order valence-electron chi connectivity index (χ3n) is 5.92. The number of amides is 1. The number of alkyl halides is 3. The maximum Gasteiger partial charge on any atom is 0.516 e. The summed E-state index contributed by atoms with van der Waals surface area (Å²) in [5.41, 5.74) is -4.06. The lowest BCUT2D eigenvalue weighted by Gasteiger charge is -2.25. The Morgan fingerprint density at radius 3 is 2.23 bits per heavy atom. The van der Waals surface area contributed by atoms with Crippen LogP contribution in [0.1, 0.15) is 34.0 Å². The van der Waals surface area contributed by atoms with Gasteiger partial charge in [0, 0.05) is 30.4 Å². The lowest BCUT2D eigenvalue weighted by molar-refractivity contribution is -0.0429. The number of carbonyl (C=O) groups is 1. The van der Waals surface area contributed by atoms with Crippen molar-refractivity contribution in [3.63, 3.8) is 0 Å². The predicted molar refractivity (Wildman–Crippen MR) is 140 cm³/mol. The summed E-state index contributed by atoms with van der Waals surface area (Å²) in [6.45, 7) is 2.38. The Bertz CT molecular complexity index is 1410. The number of hydrogen-bond acceptors (Lipinski definition) is 5. The number of aliphatic hydroxyl groups excluding tert-OH is 1. The van der Waals surface area contributed by atoms with Crippen LogP contribution < -0.4 is 15.4 Å². The van der Waals surface area contributed by atoms with E-state index < -0.39 is 50.9 Å². The number of hydrogen-bond donors (Lipinski definition) is 4. The van der Waals surface area contributed by atoms with E-state index in [1.807, 2.05) is 31.2 Å². The molecule has 40 heavy (non-hydrogen) atoms. The number of nitrogens with one attached hydrogen (secondary N) is 3. The molecular formula is C27H28F5N3O4S. The zero-order valence-electron chi connectivity index (χ0n) is 21.3. The van der Waals surface area contributed by atoms with E-state index in [1.165, 1.54) is 16.9 Å². The van der Waals surface area contributed by atoms with Gasteiger partial charge in [0.1, 0.15) is 11.6 Å². The highest BCUT2D eigenvalue weighted by atomic mass is 32.2. The van der Waals surface area contributed by atoms with Gasteiger partial charge < -0.3 is 15.7 Å². The molecule has 0 aromatic heterocycles. The molecule has 2 atom stereocenters. The molecule has 0 fully saturated rings. The number of rotatable bonds is 12. The molecule has 0 aliphatic carbocycles. The van der Waals surface area contributed by atoms with Gasteiger partial charge in [-0.15, -0.1) is 0 Å². The molecule has 0 aliphatic heterocycles. The summed E-state index contributed by atoms with van der Waals surface area (Å²) >= 11 is 0. The third-order valence-corrected chi connectivity index (χ3v) is 7.04. The maximum atomic E-state index is 13.8. The smallest absolute Gasteiger partial charge is 0.390 e. The SMILES string of the molecule is CCc1cccc(CNCC(O)C(Cc2cc(F)cc(F)c2)NC(=O)c2cccc(NS(=O)(=O)C(F)(F)F)c2)c1. The minimum atomic E-state index is -5.72. The Labute approximate surface area is 228 Å². The van der Waals surface area contributed by atoms with E-state index in [-0.39, 0.29) is 24.1 Å². The van der Waals surface area contributed by atoms with E-state index in [0.29, 0.717) is 12.6 Å². The van der Waals surface area contributed by atoms with Gasteiger partial charge >= 0.3 is 15.5 Å². The Balaban J connectivity index is 1.76. The van der Waals surface area contributed by atoms with Crippen molar-refractivity contribution in [2.24, 2.45) is 0 Å². The average molecular weight is 586 g/mol. The van der Waals surface area contributed by atoms with Crippen molar-refractivity contribution in [2.45, 2.75) is 44.0 Å². The second-order valence-electron chi connectivity index (χ2n) is 9.07. The van der Waals surface area contributed by atoms with Crippen LogP contribution >= 0.6 is 0 Å². The van der Waals surface area contributed by atoms with Crippen molar-refractivity contribution in [3.05, 3.63) is 101 Å². The van der Waals surface area contributed by atoms with Gasteiger partial charge in [0.05, 0.1) is 12.1 Å². The number of aryl methyl sites for hydroxylation is 1. The fourth-order valence-corrected chi connectivity index (χ4v) is 4.47. The molecule has 2 unspecified atom stereocenters. The number of carbonyl (C=O) groups excluding carboxylic acids is 1. The zero-order valence-corrected chi connectivity index (χ0v) is 22.1. The van der Waals surface area contributed by atoms with Gasteiger partial charge in [-0.1, -0.05) is 37.3 Å². The minimum absolute atomic E-state index is 0.0233. The molecule has 0 saturated heterocycles. The topological polar surface area (TPSA) is 108 Å². The van der Waals surface area contributed by atoms with Gasteiger partial charge in [-0.3, -0.25) is 9.52 Å². The van der Waals surface area contributed by atoms with Crippen molar-refractivity contribution in [1.82, 2.24) is 10.6 Å². The standard InChI is InChI=1S/C27H28F5N3O4S/c1-2-17-5-3-6-18(9-17)15-33-16-25(36)24(12-19-10-21(28)14-22(29)11-19)34-26(37)20-7-4-8-23(13-20)35-40(38,39)27(30,31)32/h3-11,13-14,24-25,33,35-36H,2,12,15-16H2,1H3,(H,34,37). The number of halogens is 5. The lowest BCUT2D eigenvalue weighted by Crippen LogP contribution is -2.48. The van der Waals surface area contributed by atoms with E-state index in [0.717, 1.165) is 41.8 Å². The van der Waals surface area contributed by atoms with Gasteiger partial charge in [-0.25, -0.2) is 8.78 Å². The highest BCUT2D eigenvalue weighted by Crippen LogP contribution is 2.25. The van der Waals surface area contributed by atoms with Crippen molar-refractivity contribution < 1.29 is 40.3 Å². The van der Waals surface area contributed by atoms with Crippen molar-refractivity contribution in [2.75, 3.05) is 11.3 Å². The van der Waals surface area contributed by atoms with Gasteiger partial charge in [0.2, 0.25) is 0 Å². The van der Waals surface area contributed by atoms with Crippen LogP contribution in [0.5, 0.6) is 0 Å². The van der Waals surface area contributed by atoms with Gasteiger partial charge in [-0.05, 0) is 59.9 Å². The fourth-order valence-electron chi connectivity index (χ4n) is 3.92. The van der Waals surface area contributed by atoms with E-state index in [4.69, 9.17) is 0 Å². The predicted octanol–water partition coefficient (Wildman–Crippen LogP) is 4.28. The molecule has 3 rings (SSSR count). The van der Waals surface area contributed by atoms with Crippen LogP contribution in [0.4, 0.5) is 27.6 Å². The highest BCUT2D eigenvalue weighted by Gasteiger charge is 2.46. The average Bonchev–Trinajstić information content (AvgIpc) is 2.87. The van der Waals surface area contributed by atoms with Gasteiger partial charge in [0.15, 0.2) is 0 Å². The Morgan fingerprint density at radius 1 is 0.925 bits per heavy atom. The molecule has 0 heterocycles. The molecule has 0 bridgehead atoms. The summed E-state index contributed by atoms with van der Waals surface area (Å²) in [5, 5.41) is 16.5. The first kappa shape index (κ1) is 31.0.